The minimum Gasteiger partial charge on any atom is -0.384 e. The Hall–Kier alpha value is -0.910. The molecule has 0 radical (unpaired) electrons. The molecular weight excluding hydrogens is 230 g/mol. The number of imidazole rings is 1. The molecule has 1 saturated heterocycles. The van der Waals surface area contributed by atoms with Crippen LogP contribution in [-0.2, 0) is 22.6 Å². The molecule has 2 atom stereocenters. The van der Waals surface area contributed by atoms with Gasteiger partial charge in [0.2, 0.25) is 0 Å². The molecule has 1 aromatic heterocycles. The largest absolute Gasteiger partial charge is 0.384 e. The van der Waals surface area contributed by atoms with Crippen molar-refractivity contribution in [2.75, 3.05) is 33.5 Å². The fourth-order valence-corrected chi connectivity index (χ4v) is 3.00. The quantitative estimate of drug-likeness (QED) is 0.795. The van der Waals surface area contributed by atoms with Crippen LogP contribution >= 0.6 is 0 Å². The standard InChI is InChI=1S/C13H21N3O2/c1-17-9-11-6-15-4-3-14-13(15)8-16(7-11)12-2-5-18-10-12/h3-4,11-12H,2,5-10H2,1H3/t11-,12+/m0/s1. The zero-order chi connectivity index (χ0) is 12.4. The number of methoxy groups -OCH3 is 1. The van der Waals surface area contributed by atoms with Crippen molar-refractivity contribution < 1.29 is 9.47 Å². The topological polar surface area (TPSA) is 39.5 Å². The summed E-state index contributed by atoms with van der Waals surface area (Å²) < 4.78 is 13.1. The van der Waals surface area contributed by atoms with Gasteiger partial charge in [-0.25, -0.2) is 4.98 Å². The monoisotopic (exact) mass is 251 g/mol. The summed E-state index contributed by atoms with van der Waals surface area (Å²) in [5, 5.41) is 0. The molecule has 5 heteroatoms. The Labute approximate surface area is 108 Å². The average Bonchev–Trinajstić information content (AvgIpc) is 2.99. The maximum atomic E-state index is 5.52. The number of aromatic nitrogens is 2. The molecule has 0 N–H and O–H groups in total. The second-order valence-corrected chi connectivity index (χ2v) is 5.26. The first-order valence-corrected chi connectivity index (χ1v) is 6.67. The van der Waals surface area contributed by atoms with Crippen LogP contribution in [0.1, 0.15) is 12.2 Å². The Morgan fingerprint density at radius 3 is 3.22 bits per heavy atom. The van der Waals surface area contributed by atoms with Crippen LogP contribution in [0.4, 0.5) is 0 Å². The summed E-state index contributed by atoms with van der Waals surface area (Å²) in [7, 11) is 1.78. The van der Waals surface area contributed by atoms with Gasteiger partial charge in [-0.1, -0.05) is 0 Å². The maximum absolute atomic E-state index is 5.52. The van der Waals surface area contributed by atoms with E-state index in [1.165, 1.54) is 5.82 Å². The van der Waals surface area contributed by atoms with Gasteiger partial charge in [-0.15, -0.1) is 0 Å². The van der Waals surface area contributed by atoms with E-state index in [1.807, 2.05) is 6.20 Å². The minimum atomic E-state index is 0.533. The molecule has 0 bridgehead atoms. The molecule has 100 valence electrons. The van der Waals surface area contributed by atoms with Gasteiger partial charge in [0.1, 0.15) is 5.82 Å². The van der Waals surface area contributed by atoms with Gasteiger partial charge in [0.25, 0.3) is 0 Å². The first-order chi connectivity index (χ1) is 8.86. The van der Waals surface area contributed by atoms with Crippen LogP contribution in [0.2, 0.25) is 0 Å². The molecule has 1 fully saturated rings. The number of nitrogens with zero attached hydrogens (tertiary/aromatic N) is 3. The van der Waals surface area contributed by atoms with Crippen LogP contribution in [0.15, 0.2) is 12.4 Å². The first-order valence-electron chi connectivity index (χ1n) is 6.67. The van der Waals surface area contributed by atoms with Crippen LogP contribution in [0, 0.1) is 5.92 Å². The summed E-state index contributed by atoms with van der Waals surface area (Å²) in [6.07, 6.45) is 5.11. The lowest BCUT2D eigenvalue weighted by Gasteiger charge is -2.28. The zero-order valence-electron chi connectivity index (χ0n) is 10.9. The van der Waals surface area contributed by atoms with Gasteiger partial charge in [-0.3, -0.25) is 4.90 Å². The Bertz CT molecular complexity index is 387. The second kappa shape index (κ2) is 5.38. The highest BCUT2D eigenvalue weighted by molar-refractivity contribution is 4.97. The van der Waals surface area contributed by atoms with Crippen molar-refractivity contribution in [1.29, 1.82) is 0 Å². The van der Waals surface area contributed by atoms with E-state index in [0.29, 0.717) is 12.0 Å². The van der Waals surface area contributed by atoms with Crippen LogP contribution in [0.3, 0.4) is 0 Å². The summed E-state index contributed by atoms with van der Waals surface area (Å²) in [4.78, 5) is 6.99. The van der Waals surface area contributed by atoms with Crippen molar-refractivity contribution in [2.24, 2.45) is 5.92 Å². The van der Waals surface area contributed by atoms with Crippen molar-refractivity contribution in [3.8, 4) is 0 Å². The number of fused-ring (bicyclic) bond motifs is 1. The molecule has 2 aliphatic heterocycles. The molecule has 0 unspecified atom stereocenters. The SMILES string of the molecule is COC[C@@H]1CN([C@@H]2CCOC2)Cc2nccn2C1. The van der Waals surface area contributed by atoms with Crippen molar-refractivity contribution in [3.05, 3.63) is 18.2 Å². The molecule has 2 aliphatic rings. The summed E-state index contributed by atoms with van der Waals surface area (Å²) >= 11 is 0. The third kappa shape index (κ3) is 2.43. The highest BCUT2D eigenvalue weighted by atomic mass is 16.5. The molecule has 1 aromatic rings. The van der Waals surface area contributed by atoms with Crippen LogP contribution in [0.25, 0.3) is 0 Å². The molecule has 0 saturated carbocycles. The van der Waals surface area contributed by atoms with Crippen LogP contribution < -0.4 is 0 Å². The highest BCUT2D eigenvalue weighted by Gasteiger charge is 2.29. The molecule has 0 spiro atoms. The van der Waals surface area contributed by atoms with Crippen molar-refractivity contribution >= 4 is 0 Å². The van der Waals surface area contributed by atoms with Gasteiger partial charge in [0, 0.05) is 51.2 Å². The fourth-order valence-electron chi connectivity index (χ4n) is 3.00. The van der Waals surface area contributed by atoms with E-state index in [0.717, 1.165) is 45.9 Å². The van der Waals surface area contributed by atoms with Crippen molar-refractivity contribution in [3.63, 3.8) is 0 Å². The number of hydrogen-bond acceptors (Lipinski definition) is 4. The molecule has 0 aromatic carbocycles. The summed E-state index contributed by atoms with van der Waals surface area (Å²) in [6.45, 7) is 5.58. The van der Waals surface area contributed by atoms with E-state index in [1.54, 1.807) is 7.11 Å². The number of hydrogen-bond donors (Lipinski definition) is 0. The van der Waals surface area contributed by atoms with Gasteiger partial charge in [-0.2, -0.15) is 0 Å². The van der Waals surface area contributed by atoms with Crippen molar-refractivity contribution in [1.82, 2.24) is 14.5 Å². The van der Waals surface area contributed by atoms with E-state index in [-0.39, 0.29) is 0 Å². The molecule has 18 heavy (non-hydrogen) atoms. The maximum Gasteiger partial charge on any atom is 0.122 e. The smallest absolute Gasteiger partial charge is 0.122 e. The van der Waals surface area contributed by atoms with Gasteiger partial charge in [0.15, 0.2) is 0 Å². The van der Waals surface area contributed by atoms with Gasteiger partial charge >= 0.3 is 0 Å². The summed E-state index contributed by atoms with van der Waals surface area (Å²) in [6, 6.07) is 0.549. The predicted octanol–water partition coefficient (Wildman–Crippen LogP) is 0.750. The van der Waals surface area contributed by atoms with E-state index >= 15 is 0 Å². The Kier molecular flexibility index (Phi) is 3.63. The molecule has 0 aliphatic carbocycles. The summed E-state index contributed by atoms with van der Waals surface area (Å²) in [5.41, 5.74) is 0. The second-order valence-electron chi connectivity index (χ2n) is 5.26. The highest BCUT2D eigenvalue weighted by Crippen LogP contribution is 2.21. The normalized spacial score (nSPS) is 29.2. The zero-order valence-corrected chi connectivity index (χ0v) is 10.9. The molecule has 3 heterocycles. The lowest BCUT2D eigenvalue weighted by atomic mass is 10.1. The molecular formula is C13H21N3O2. The van der Waals surface area contributed by atoms with Crippen molar-refractivity contribution in [2.45, 2.75) is 25.6 Å². The first kappa shape index (κ1) is 12.1. The van der Waals surface area contributed by atoms with E-state index in [4.69, 9.17) is 9.47 Å². The van der Waals surface area contributed by atoms with E-state index in [2.05, 4.69) is 20.6 Å². The third-order valence-electron chi connectivity index (χ3n) is 3.92. The Morgan fingerprint density at radius 2 is 2.44 bits per heavy atom. The van der Waals surface area contributed by atoms with Gasteiger partial charge in [0.05, 0.1) is 19.8 Å². The Morgan fingerprint density at radius 1 is 1.50 bits per heavy atom. The molecule has 5 nitrogen and oxygen atoms in total. The van der Waals surface area contributed by atoms with E-state index < -0.39 is 0 Å². The molecule has 0 amide bonds. The predicted molar refractivity (Wildman–Crippen MR) is 67.2 cm³/mol. The third-order valence-corrected chi connectivity index (χ3v) is 3.92. The lowest BCUT2D eigenvalue weighted by Crippen LogP contribution is -2.38. The van der Waals surface area contributed by atoms with Gasteiger partial charge in [-0.05, 0) is 6.42 Å². The number of ether oxygens (including phenoxy) is 2. The summed E-state index contributed by atoms with van der Waals surface area (Å²) in [5.74, 6) is 1.70. The van der Waals surface area contributed by atoms with Gasteiger partial charge < -0.3 is 14.0 Å². The van der Waals surface area contributed by atoms with Crippen LogP contribution in [0.5, 0.6) is 0 Å². The van der Waals surface area contributed by atoms with E-state index in [9.17, 15) is 0 Å². The number of rotatable bonds is 3. The Balaban J connectivity index is 1.78. The fraction of sp³-hybridized carbons (Fsp3) is 0.769. The average molecular weight is 251 g/mol. The van der Waals surface area contributed by atoms with Crippen LogP contribution in [-0.4, -0.2) is 54.0 Å². The lowest BCUT2D eigenvalue weighted by molar-refractivity contribution is 0.0902. The molecule has 3 rings (SSSR count). The minimum absolute atomic E-state index is 0.533.